The number of hydrogen-bond donors (Lipinski definition) is 5. The maximum atomic E-state index is 11.4. The van der Waals surface area contributed by atoms with Crippen molar-refractivity contribution in [3.05, 3.63) is 0 Å². The highest BCUT2D eigenvalue weighted by molar-refractivity contribution is 7.81. The summed E-state index contributed by atoms with van der Waals surface area (Å²) >= 11 is 7.71. The van der Waals surface area contributed by atoms with Crippen molar-refractivity contribution in [2.75, 3.05) is 24.6 Å². The number of carbonyl (C=O) groups excluding carboxylic acids is 3. The zero-order valence-electron chi connectivity index (χ0n) is 10.9. The summed E-state index contributed by atoms with van der Waals surface area (Å²) in [4.78, 5) is 33.8. The van der Waals surface area contributed by atoms with E-state index in [1.165, 1.54) is 0 Å². The van der Waals surface area contributed by atoms with Gasteiger partial charge in [-0.1, -0.05) is 0 Å². The summed E-state index contributed by atoms with van der Waals surface area (Å²) in [6, 6.07) is -0.286. The Morgan fingerprint density at radius 3 is 2.16 bits per heavy atom. The van der Waals surface area contributed by atoms with Crippen LogP contribution < -0.4 is 16.0 Å². The highest BCUT2D eigenvalue weighted by Gasteiger charge is 2.14. The minimum atomic E-state index is -0.286. The van der Waals surface area contributed by atoms with E-state index < -0.39 is 0 Å². The van der Waals surface area contributed by atoms with Crippen molar-refractivity contribution in [2.24, 2.45) is 0 Å². The van der Waals surface area contributed by atoms with Gasteiger partial charge in [0.15, 0.2) is 0 Å². The van der Waals surface area contributed by atoms with E-state index in [2.05, 4.69) is 41.2 Å². The molecular formula is C11H21N3O3S2. The molecule has 19 heavy (non-hydrogen) atoms. The first-order valence-corrected chi connectivity index (χ1v) is 7.34. The molecule has 1 unspecified atom stereocenters. The van der Waals surface area contributed by atoms with Gasteiger partial charge in [-0.2, -0.15) is 25.3 Å². The molecule has 1 atom stereocenters. The molecule has 0 saturated carbocycles. The Labute approximate surface area is 124 Å². The second-order valence-corrected chi connectivity index (χ2v) is 4.51. The number of amides is 3. The number of nitrogens with one attached hydrogen (secondary N) is 3. The first-order chi connectivity index (χ1) is 9.03. The highest BCUT2D eigenvalue weighted by Crippen LogP contribution is 1.97. The van der Waals surface area contributed by atoms with E-state index in [4.69, 9.17) is 0 Å². The molecule has 6 nitrogen and oxygen atoms in total. The lowest BCUT2D eigenvalue weighted by molar-refractivity contribution is -0.122. The maximum Gasteiger partial charge on any atom is 0.230 e. The molecular weight excluding hydrogens is 286 g/mol. The molecule has 0 aliphatic rings. The van der Waals surface area contributed by atoms with Gasteiger partial charge in [-0.3, -0.25) is 14.4 Å². The van der Waals surface area contributed by atoms with Crippen LogP contribution in [-0.2, 0) is 14.4 Å². The zero-order valence-corrected chi connectivity index (χ0v) is 12.7. The lowest BCUT2D eigenvalue weighted by Crippen LogP contribution is -2.45. The summed E-state index contributed by atoms with van der Waals surface area (Å²) in [5.74, 6) is -0.370. The molecule has 110 valence electrons. The van der Waals surface area contributed by atoms with Crippen LogP contribution in [0.5, 0.6) is 0 Å². The van der Waals surface area contributed by atoms with Crippen LogP contribution in [0.25, 0.3) is 0 Å². The van der Waals surface area contributed by atoms with Gasteiger partial charge in [0.25, 0.3) is 0 Å². The molecule has 0 aliphatic heterocycles. The van der Waals surface area contributed by atoms with Crippen LogP contribution in [0.15, 0.2) is 0 Å². The molecule has 0 aliphatic carbocycles. The van der Waals surface area contributed by atoms with Crippen LogP contribution in [0.1, 0.15) is 19.8 Å². The second-order valence-electron chi connectivity index (χ2n) is 3.88. The third kappa shape index (κ3) is 9.66. The van der Waals surface area contributed by atoms with Crippen molar-refractivity contribution < 1.29 is 14.4 Å². The van der Waals surface area contributed by atoms with Crippen LogP contribution in [-0.4, -0.2) is 48.4 Å². The molecule has 0 fully saturated rings. The van der Waals surface area contributed by atoms with Crippen molar-refractivity contribution in [3.8, 4) is 0 Å². The average molecular weight is 307 g/mol. The minimum Gasteiger partial charge on any atom is -0.356 e. The Bertz CT molecular complexity index is 314. The lowest BCUT2D eigenvalue weighted by atomic mass is 10.1. The second kappa shape index (κ2) is 11.0. The summed E-state index contributed by atoms with van der Waals surface area (Å²) < 4.78 is 0. The van der Waals surface area contributed by atoms with E-state index in [9.17, 15) is 14.4 Å². The van der Waals surface area contributed by atoms with Gasteiger partial charge in [-0.15, -0.1) is 0 Å². The fourth-order valence-corrected chi connectivity index (χ4v) is 1.59. The van der Waals surface area contributed by atoms with E-state index in [1.807, 2.05) is 6.92 Å². The quantitative estimate of drug-likeness (QED) is 0.367. The molecule has 0 spiro atoms. The first kappa shape index (κ1) is 18.1. The third-order valence-electron chi connectivity index (χ3n) is 2.29. The van der Waals surface area contributed by atoms with Crippen molar-refractivity contribution in [3.63, 3.8) is 0 Å². The van der Waals surface area contributed by atoms with Crippen molar-refractivity contribution in [1.29, 1.82) is 0 Å². The van der Waals surface area contributed by atoms with Gasteiger partial charge in [0.1, 0.15) is 0 Å². The zero-order chi connectivity index (χ0) is 14.7. The fraction of sp³-hybridized carbons (Fsp3) is 0.727. The van der Waals surface area contributed by atoms with Crippen LogP contribution >= 0.6 is 25.3 Å². The monoisotopic (exact) mass is 307 g/mol. The summed E-state index contributed by atoms with van der Waals surface area (Å²) in [7, 11) is 0. The standard InChI is InChI=1S/C11H21N3O3S2/c1-2-12-9(15)4-3-8(14-11(17)7-19)5-13-10(16)6-18/h8,18-19H,2-7H2,1H3,(H,12,15)(H,13,16)(H,14,17). The van der Waals surface area contributed by atoms with Gasteiger partial charge in [-0.25, -0.2) is 0 Å². The number of rotatable bonds is 9. The Balaban J connectivity index is 4.20. The molecule has 8 heteroatoms. The van der Waals surface area contributed by atoms with Crippen LogP contribution in [0.4, 0.5) is 0 Å². The maximum absolute atomic E-state index is 11.4. The molecule has 3 amide bonds. The van der Waals surface area contributed by atoms with Crippen molar-refractivity contribution >= 4 is 43.0 Å². The van der Waals surface area contributed by atoms with E-state index in [1.54, 1.807) is 0 Å². The third-order valence-corrected chi connectivity index (χ3v) is 2.87. The number of thiol groups is 2. The topological polar surface area (TPSA) is 87.3 Å². The highest BCUT2D eigenvalue weighted by atomic mass is 32.1. The SMILES string of the molecule is CCNC(=O)CCC(CNC(=O)CS)NC(=O)CS. The van der Waals surface area contributed by atoms with Crippen LogP contribution in [0.2, 0.25) is 0 Å². The predicted molar refractivity (Wildman–Crippen MR) is 80.6 cm³/mol. The molecule has 3 N–H and O–H groups in total. The van der Waals surface area contributed by atoms with Crippen molar-refractivity contribution in [2.45, 2.75) is 25.8 Å². The number of carbonyl (C=O) groups is 3. The van der Waals surface area contributed by atoms with E-state index in [-0.39, 0.29) is 41.8 Å². The Morgan fingerprint density at radius 1 is 1.00 bits per heavy atom. The van der Waals surface area contributed by atoms with Crippen LogP contribution in [0.3, 0.4) is 0 Å². The molecule has 0 bridgehead atoms. The smallest absolute Gasteiger partial charge is 0.230 e. The fourth-order valence-electron chi connectivity index (χ4n) is 1.38. The molecule has 0 radical (unpaired) electrons. The van der Waals surface area contributed by atoms with Gasteiger partial charge < -0.3 is 16.0 Å². The summed E-state index contributed by atoms with van der Waals surface area (Å²) in [5.41, 5.74) is 0. The Kier molecular flexibility index (Phi) is 10.5. The van der Waals surface area contributed by atoms with Gasteiger partial charge in [0.2, 0.25) is 17.7 Å². The summed E-state index contributed by atoms with van der Waals surface area (Å²) in [6.07, 6.45) is 0.750. The van der Waals surface area contributed by atoms with Gasteiger partial charge in [0, 0.05) is 25.6 Å². The molecule has 0 aromatic heterocycles. The molecule has 0 rings (SSSR count). The minimum absolute atomic E-state index is 0.0676. The molecule has 0 aromatic rings. The lowest BCUT2D eigenvalue weighted by Gasteiger charge is -2.18. The number of hydrogen-bond acceptors (Lipinski definition) is 5. The van der Waals surface area contributed by atoms with Gasteiger partial charge in [-0.05, 0) is 13.3 Å². The van der Waals surface area contributed by atoms with Gasteiger partial charge in [0.05, 0.1) is 11.5 Å². The Hall–Kier alpha value is -0.890. The van der Waals surface area contributed by atoms with Crippen molar-refractivity contribution in [1.82, 2.24) is 16.0 Å². The van der Waals surface area contributed by atoms with Gasteiger partial charge >= 0.3 is 0 Å². The normalized spacial score (nSPS) is 11.5. The average Bonchev–Trinajstić information content (AvgIpc) is 2.41. The van der Waals surface area contributed by atoms with Crippen LogP contribution in [0, 0.1) is 0 Å². The molecule has 0 heterocycles. The molecule has 0 aromatic carbocycles. The predicted octanol–water partition coefficient (Wildman–Crippen LogP) is -0.637. The Morgan fingerprint density at radius 2 is 1.63 bits per heavy atom. The van der Waals surface area contributed by atoms with E-state index in [0.29, 0.717) is 19.4 Å². The largest absolute Gasteiger partial charge is 0.356 e. The van der Waals surface area contributed by atoms with E-state index in [0.717, 1.165) is 0 Å². The van der Waals surface area contributed by atoms with E-state index >= 15 is 0 Å². The summed E-state index contributed by atoms with van der Waals surface area (Å²) in [5, 5.41) is 8.02. The first-order valence-electron chi connectivity index (χ1n) is 6.07. The molecule has 0 saturated heterocycles. The summed E-state index contributed by atoms with van der Waals surface area (Å²) in [6.45, 7) is 2.69.